The van der Waals surface area contributed by atoms with Gasteiger partial charge in [-0.1, -0.05) is 0 Å². The second kappa shape index (κ2) is 2.09. The SMILES string of the molecule is OC1CCC1(O)c1ccco1. The van der Waals surface area contributed by atoms with Gasteiger partial charge in [-0.05, 0) is 25.0 Å². The highest BCUT2D eigenvalue weighted by Gasteiger charge is 2.47. The van der Waals surface area contributed by atoms with Crippen LogP contribution in [-0.4, -0.2) is 16.3 Å². The van der Waals surface area contributed by atoms with Gasteiger partial charge in [-0.3, -0.25) is 0 Å². The van der Waals surface area contributed by atoms with E-state index < -0.39 is 11.7 Å². The first-order chi connectivity index (χ1) is 5.23. The standard InChI is InChI=1S/C8H10O3/c9-6-3-4-8(6,10)7-2-1-5-11-7/h1-2,5-6,9-10H,3-4H2. The Balaban J connectivity index is 2.28. The van der Waals surface area contributed by atoms with Crippen LogP contribution in [0.2, 0.25) is 0 Å². The molecule has 0 saturated heterocycles. The van der Waals surface area contributed by atoms with Gasteiger partial charge in [-0.15, -0.1) is 0 Å². The minimum Gasteiger partial charge on any atom is -0.466 e. The third-order valence-corrected chi connectivity index (χ3v) is 2.30. The number of hydrogen-bond acceptors (Lipinski definition) is 3. The van der Waals surface area contributed by atoms with Crippen molar-refractivity contribution in [2.45, 2.75) is 24.5 Å². The minimum absolute atomic E-state index is 0.469. The summed E-state index contributed by atoms with van der Waals surface area (Å²) in [6.45, 7) is 0. The Labute approximate surface area is 64.3 Å². The molecule has 2 rings (SSSR count). The van der Waals surface area contributed by atoms with Crippen molar-refractivity contribution < 1.29 is 14.6 Å². The zero-order chi connectivity index (χ0) is 7.90. The Bertz CT molecular complexity index is 242. The van der Waals surface area contributed by atoms with Gasteiger partial charge in [0.1, 0.15) is 11.4 Å². The van der Waals surface area contributed by atoms with Crippen LogP contribution in [0.1, 0.15) is 18.6 Å². The topological polar surface area (TPSA) is 53.6 Å². The summed E-state index contributed by atoms with van der Waals surface area (Å²) in [6.07, 6.45) is 2.07. The highest BCUT2D eigenvalue weighted by atomic mass is 16.4. The van der Waals surface area contributed by atoms with Crippen molar-refractivity contribution in [2.75, 3.05) is 0 Å². The quantitative estimate of drug-likeness (QED) is 0.623. The summed E-state index contributed by atoms with van der Waals surface area (Å²) in [5, 5.41) is 18.9. The van der Waals surface area contributed by atoms with Gasteiger partial charge < -0.3 is 14.6 Å². The molecule has 60 valence electrons. The molecule has 1 aliphatic carbocycles. The van der Waals surface area contributed by atoms with Crippen LogP contribution in [0.15, 0.2) is 22.8 Å². The van der Waals surface area contributed by atoms with E-state index in [4.69, 9.17) is 4.42 Å². The fourth-order valence-electron chi connectivity index (χ4n) is 1.36. The molecule has 0 spiro atoms. The highest BCUT2D eigenvalue weighted by molar-refractivity contribution is 5.16. The molecule has 1 fully saturated rings. The zero-order valence-corrected chi connectivity index (χ0v) is 6.03. The van der Waals surface area contributed by atoms with Crippen molar-refractivity contribution in [1.82, 2.24) is 0 Å². The first-order valence-electron chi connectivity index (χ1n) is 3.68. The summed E-state index contributed by atoms with van der Waals surface area (Å²) in [7, 11) is 0. The highest BCUT2D eigenvalue weighted by Crippen LogP contribution is 2.41. The van der Waals surface area contributed by atoms with Crippen molar-refractivity contribution in [3.63, 3.8) is 0 Å². The number of aliphatic hydroxyl groups excluding tert-OH is 1. The summed E-state index contributed by atoms with van der Waals surface area (Å²) >= 11 is 0. The number of furan rings is 1. The molecular weight excluding hydrogens is 144 g/mol. The summed E-state index contributed by atoms with van der Waals surface area (Å²) in [5.74, 6) is 0.469. The van der Waals surface area contributed by atoms with Gasteiger partial charge in [-0.25, -0.2) is 0 Å². The second-order valence-corrected chi connectivity index (χ2v) is 2.96. The van der Waals surface area contributed by atoms with E-state index in [1.807, 2.05) is 0 Å². The molecule has 2 N–H and O–H groups in total. The van der Waals surface area contributed by atoms with E-state index in [2.05, 4.69) is 0 Å². The summed E-state index contributed by atoms with van der Waals surface area (Å²) in [4.78, 5) is 0. The Morgan fingerprint density at radius 1 is 1.64 bits per heavy atom. The molecule has 1 aliphatic rings. The lowest BCUT2D eigenvalue weighted by molar-refractivity contribution is -0.162. The van der Waals surface area contributed by atoms with Crippen LogP contribution < -0.4 is 0 Å². The monoisotopic (exact) mass is 154 g/mol. The molecule has 0 radical (unpaired) electrons. The maximum absolute atomic E-state index is 9.70. The van der Waals surface area contributed by atoms with Crippen molar-refractivity contribution in [2.24, 2.45) is 0 Å². The predicted molar refractivity (Wildman–Crippen MR) is 37.8 cm³/mol. The summed E-state index contributed by atoms with van der Waals surface area (Å²) < 4.78 is 5.00. The molecule has 1 heterocycles. The lowest BCUT2D eigenvalue weighted by Gasteiger charge is -2.40. The predicted octanol–water partition coefficient (Wildman–Crippen LogP) is 0.622. The molecule has 0 amide bonds. The van der Waals surface area contributed by atoms with E-state index in [0.29, 0.717) is 18.6 Å². The van der Waals surface area contributed by atoms with Gasteiger partial charge in [0.15, 0.2) is 0 Å². The molecule has 0 bridgehead atoms. The van der Waals surface area contributed by atoms with Gasteiger partial charge in [0.25, 0.3) is 0 Å². The van der Waals surface area contributed by atoms with E-state index in [-0.39, 0.29) is 0 Å². The second-order valence-electron chi connectivity index (χ2n) is 2.96. The van der Waals surface area contributed by atoms with E-state index in [9.17, 15) is 10.2 Å². The molecule has 1 aromatic rings. The fourth-order valence-corrected chi connectivity index (χ4v) is 1.36. The van der Waals surface area contributed by atoms with E-state index in [1.54, 1.807) is 12.1 Å². The van der Waals surface area contributed by atoms with Crippen LogP contribution >= 0.6 is 0 Å². The normalized spacial score (nSPS) is 36.7. The number of hydrogen-bond donors (Lipinski definition) is 2. The summed E-state index contributed by atoms with van der Waals surface area (Å²) in [6, 6.07) is 3.39. The molecule has 3 heteroatoms. The largest absolute Gasteiger partial charge is 0.466 e. The number of rotatable bonds is 1. The van der Waals surface area contributed by atoms with Crippen LogP contribution in [0.3, 0.4) is 0 Å². The molecule has 1 saturated carbocycles. The van der Waals surface area contributed by atoms with E-state index in [0.717, 1.165) is 0 Å². The molecule has 0 aromatic carbocycles. The summed E-state index contributed by atoms with van der Waals surface area (Å²) in [5.41, 5.74) is -1.11. The van der Waals surface area contributed by atoms with Crippen LogP contribution in [0.5, 0.6) is 0 Å². The van der Waals surface area contributed by atoms with Crippen molar-refractivity contribution in [3.8, 4) is 0 Å². The lowest BCUT2D eigenvalue weighted by Crippen LogP contribution is -2.48. The maximum Gasteiger partial charge on any atom is 0.148 e. The molecular formula is C8H10O3. The van der Waals surface area contributed by atoms with Crippen molar-refractivity contribution in [1.29, 1.82) is 0 Å². The van der Waals surface area contributed by atoms with Crippen molar-refractivity contribution in [3.05, 3.63) is 24.2 Å². The molecule has 2 unspecified atom stereocenters. The molecule has 2 atom stereocenters. The van der Waals surface area contributed by atoms with Gasteiger partial charge in [-0.2, -0.15) is 0 Å². The third-order valence-electron chi connectivity index (χ3n) is 2.30. The van der Waals surface area contributed by atoms with Crippen LogP contribution in [0.25, 0.3) is 0 Å². The average Bonchev–Trinajstić information content (AvgIpc) is 2.52. The average molecular weight is 154 g/mol. The lowest BCUT2D eigenvalue weighted by atomic mass is 9.75. The smallest absolute Gasteiger partial charge is 0.148 e. The molecule has 0 aliphatic heterocycles. The van der Waals surface area contributed by atoms with Gasteiger partial charge in [0, 0.05) is 0 Å². The van der Waals surface area contributed by atoms with Crippen molar-refractivity contribution >= 4 is 0 Å². The Morgan fingerprint density at radius 3 is 2.82 bits per heavy atom. The Hall–Kier alpha value is -0.800. The van der Waals surface area contributed by atoms with Gasteiger partial charge in [0.2, 0.25) is 0 Å². The minimum atomic E-state index is -1.11. The molecule has 11 heavy (non-hydrogen) atoms. The van der Waals surface area contributed by atoms with Gasteiger partial charge in [0.05, 0.1) is 12.4 Å². The molecule has 1 aromatic heterocycles. The fraction of sp³-hybridized carbons (Fsp3) is 0.500. The van der Waals surface area contributed by atoms with Crippen LogP contribution in [-0.2, 0) is 5.60 Å². The number of aliphatic hydroxyl groups is 2. The van der Waals surface area contributed by atoms with E-state index >= 15 is 0 Å². The molecule has 3 nitrogen and oxygen atoms in total. The zero-order valence-electron chi connectivity index (χ0n) is 6.03. The van der Waals surface area contributed by atoms with Crippen LogP contribution in [0.4, 0.5) is 0 Å². The first-order valence-corrected chi connectivity index (χ1v) is 3.68. The Kier molecular flexibility index (Phi) is 1.31. The van der Waals surface area contributed by atoms with Gasteiger partial charge >= 0.3 is 0 Å². The Morgan fingerprint density at radius 2 is 2.45 bits per heavy atom. The maximum atomic E-state index is 9.70. The first kappa shape index (κ1) is 6.88. The third kappa shape index (κ3) is 0.814. The van der Waals surface area contributed by atoms with E-state index in [1.165, 1.54) is 6.26 Å². The van der Waals surface area contributed by atoms with Crippen LogP contribution in [0, 0.1) is 0 Å².